The van der Waals surface area contributed by atoms with Gasteiger partial charge in [-0.25, -0.2) is 4.79 Å². The van der Waals surface area contributed by atoms with Crippen molar-refractivity contribution in [3.05, 3.63) is 70.9 Å². The number of amides is 1. The van der Waals surface area contributed by atoms with E-state index in [9.17, 15) is 9.59 Å². The maximum Gasteiger partial charge on any atom is 0.340 e. The topological polar surface area (TPSA) is 65.1 Å². The third-order valence-corrected chi connectivity index (χ3v) is 4.62. The van der Waals surface area contributed by atoms with Crippen LogP contribution in [0.3, 0.4) is 0 Å². The number of esters is 1. The Morgan fingerprint density at radius 1 is 1.00 bits per heavy atom. The fourth-order valence-electron chi connectivity index (χ4n) is 3.22. The SMILES string of the molecule is CCOc1ccc(N2C(=O)/C(=C\c3ccc(OC)cc3)C(C(=O)OC)=C2C)cc1. The highest BCUT2D eigenvalue weighted by Gasteiger charge is 2.37. The van der Waals surface area contributed by atoms with E-state index < -0.39 is 5.97 Å². The van der Waals surface area contributed by atoms with E-state index in [-0.39, 0.29) is 17.1 Å². The number of hydrogen-bond donors (Lipinski definition) is 0. The Kier molecular flexibility index (Phi) is 6.02. The van der Waals surface area contributed by atoms with Crippen LogP contribution in [0.15, 0.2) is 65.4 Å². The quantitative estimate of drug-likeness (QED) is 0.549. The standard InChI is InChI=1S/C23H23NO5/c1-5-29-19-12-8-17(9-13-19)24-15(2)21(23(26)28-4)20(22(24)25)14-16-6-10-18(27-3)11-7-16/h6-14H,5H2,1-4H3/b20-14-. The van der Waals surface area contributed by atoms with Gasteiger partial charge in [0.1, 0.15) is 11.5 Å². The summed E-state index contributed by atoms with van der Waals surface area (Å²) in [6, 6.07) is 14.4. The molecule has 1 aliphatic rings. The molecule has 0 fully saturated rings. The van der Waals surface area contributed by atoms with E-state index in [0.717, 1.165) is 5.56 Å². The molecule has 3 rings (SSSR count). The molecule has 0 atom stereocenters. The number of rotatable bonds is 6. The van der Waals surface area contributed by atoms with Crippen molar-refractivity contribution in [3.8, 4) is 11.5 Å². The Morgan fingerprint density at radius 3 is 2.17 bits per heavy atom. The van der Waals surface area contributed by atoms with Crippen LogP contribution in [-0.2, 0) is 14.3 Å². The third kappa shape index (κ3) is 4.01. The molecule has 2 aromatic carbocycles. The smallest absolute Gasteiger partial charge is 0.340 e. The van der Waals surface area contributed by atoms with Crippen LogP contribution in [0.2, 0.25) is 0 Å². The Labute approximate surface area is 170 Å². The molecular formula is C23H23NO5. The maximum absolute atomic E-state index is 13.2. The van der Waals surface area contributed by atoms with Gasteiger partial charge in [0.15, 0.2) is 0 Å². The van der Waals surface area contributed by atoms with Crippen LogP contribution < -0.4 is 14.4 Å². The first-order chi connectivity index (χ1) is 14.0. The van der Waals surface area contributed by atoms with Gasteiger partial charge in [-0.15, -0.1) is 0 Å². The monoisotopic (exact) mass is 393 g/mol. The molecule has 1 heterocycles. The fourth-order valence-corrected chi connectivity index (χ4v) is 3.22. The zero-order valence-corrected chi connectivity index (χ0v) is 16.9. The number of benzene rings is 2. The predicted molar refractivity (Wildman–Crippen MR) is 111 cm³/mol. The minimum atomic E-state index is -0.552. The van der Waals surface area contributed by atoms with Gasteiger partial charge >= 0.3 is 5.97 Å². The zero-order valence-electron chi connectivity index (χ0n) is 16.9. The molecule has 0 aromatic heterocycles. The van der Waals surface area contributed by atoms with Crippen molar-refractivity contribution < 1.29 is 23.8 Å². The highest BCUT2D eigenvalue weighted by atomic mass is 16.5. The Balaban J connectivity index is 2.03. The molecule has 0 radical (unpaired) electrons. The van der Waals surface area contributed by atoms with Gasteiger partial charge in [0.05, 0.1) is 32.0 Å². The van der Waals surface area contributed by atoms with Gasteiger partial charge < -0.3 is 14.2 Å². The van der Waals surface area contributed by atoms with Crippen LogP contribution in [0.4, 0.5) is 5.69 Å². The van der Waals surface area contributed by atoms with E-state index in [2.05, 4.69) is 0 Å². The van der Waals surface area contributed by atoms with Crippen molar-refractivity contribution in [2.45, 2.75) is 13.8 Å². The van der Waals surface area contributed by atoms with Crippen LogP contribution in [0.1, 0.15) is 19.4 Å². The predicted octanol–water partition coefficient (Wildman–Crippen LogP) is 3.97. The molecule has 0 N–H and O–H groups in total. The maximum atomic E-state index is 13.2. The molecule has 6 heteroatoms. The highest BCUT2D eigenvalue weighted by Crippen LogP contribution is 2.36. The van der Waals surface area contributed by atoms with Crippen molar-refractivity contribution in [2.24, 2.45) is 0 Å². The molecule has 2 aromatic rings. The largest absolute Gasteiger partial charge is 0.497 e. The summed E-state index contributed by atoms with van der Waals surface area (Å²) in [6.07, 6.45) is 1.69. The van der Waals surface area contributed by atoms with E-state index in [4.69, 9.17) is 14.2 Å². The van der Waals surface area contributed by atoms with Crippen molar-refractivity contribution in [2.75, 3.05) is 25.7 Å². The number of nitrogens with zero attached hydrogens (tertiary/aromatic N) is 1. The molecule has 0 bridgehead atoms. The molecule has 0 aliphatic carbocycles. The number of ether oxygens (including phenoxy) is 3. The Morgan fingerprint density at radius 2 is 1.62 bits per heavy atom. The summed E-state index contributed by atoms with van der Waals surface area (Å²) >= 11 is 0. The normalized spacial score (nSPS) is 15.1. The van der Waals surface area contributed by atoms with Gasteiger partial charge in [-0.3, -0.25) is 9.69 Å². The number of hydrogen-bond acceptors (Lipinski definition) is 5. The zero-order chi connectivity index (χ0) is 21.0. The first-order valence-corrected chi connectivity index (χ1v) is 9.22. The van der Waals surface area contributed by atoms with Crippen molar-refractivity contribution in [1.29, 1.82) is 0 Å². The van der Waals surface area contributed by atoms with Gasteiger partial charge in [-0.2, -0.15) is 0 Å². The summed E-state index contributed by atoms with van der Waals surface area (Å²) in [6.45, 7) is 4.20. The molecule has 0 saturated carbocycles. The molecule has 0 saturated heterocycles. The van der Waals surface area contributed by atoms with Gasteiger partial charge in [0.25, 0.3) is 5.91 Å². The van der Waals surface area contributed by atoms with Gasteiger partial charge in [0, 0.05) is 11.4 Å². The lowest BCUT2D eigenvalue weighted by atomic mass is 10.0. The number of anilines is 1. The van der Waals surface area contributed by atoms with Crippen LogP contribution in [0.25, 0.3) is 6.08 Å². The highest BCUT2D eigenvalue weighted by molar-refractivity contribution is 6.23. The lowest BCUT2D eigenvalue weighted by molar-refractivity contribution is -0.136. The lowest BCUT2D eigenvalue weighted by Gasteiger charge is -2.18. The second-order valence-electron chi connectivity index (χ2n) is 6.35. The summed E-state index contributed by atoms with van der Waals surface area (Å²) in [7, 11) is 2.89. The first kappa shape index (κ1) is 20.2. The van der Waals surface area contributed by atoms with E-state index in [1.54, 1.807) is 56.5 Å². The lowest BCUT2D eigenvalue weighted by Crippen LogP contribution is -2.24. The van der Waals surface area contributed by atoms with Crippen LogP contribution in [-0.4, -0.2) is 32.7 Å². The average molecular weight is 393 g/mol. The van der Waals surface area contributed by atoms with Gasteiger partial charge in [-0.05, 0) is 61.9 Å². The summed E-state index contributed by atoms with van der Waals surface area (Å²) in [4.78, 5) is 27.2. The summed E-state index contributed by atoms with van der Waals surface area (Å²) < 4.78 is 15.6. The molecule has 6 nitrogen and oxygen atoms in total. The van der Waals surface area contributed by atoms with Crippen LogP contribution in [0.5, 0.6) is 11.5 Å². The van der Waals surface area contributed by atoms with Gasteiger partial charge in [-0.1, -0.05) is 12.1 Å². The van der Waals surface area contributed by atoms with Crippen molar-refractivity contribution in [3.63, 3.8) is 0 Å². The molecule has 0 unspecified atom stereocenters. The van der Waals surface area contributed by atoms with Crippen molar-refractivity contribution in [1.82, 2.24) is 0 Å². The summed E-state index contributed by atoms with van der Waals surface area (Å²) in [5.41, 5.74) is 2.48. The first-order valence-electron chi connectivity index (χ1n) is 9.22. The number of carbonyl (C=O) groups is 2. The number of allylic oxidation sites excluding steroid dienone is 1. The second-order valence-corrected chi connectivity index (χ2v) is 6.35. The third-order valence-electron chi connectivity index (χ3n) is 4.62. The van der Waals surface area contributed by atoms with Gasteiger partial charge in [0.2, 0.25) is 0 Å². The number of methoxy groups -OCH3 is 2. The Bertz CT molecular complexity index is 971. The molecule has 29 heavy (non-hydrogen) atoms. The van der Waals surface area contributed by atoms with Crippen LogP contribution in [0, 0.1) is 0 Å². The van der Waals surface area contributed by atoms with E-state index in [0.29, 0.717) is 29.5 Å². The second kappa shape index (κ2) is 8.65. The fraction of sp³-hybridized carbons (Fsp3) is 0.217. The molecule has 150 valence electrons. The minimum absolute atomic E-state index is 0.252. The van der Waals surface area contributed by atoms with Crippen molar-refractivity contribution >= 4 is 23.6 Å². The number of carbonyl (C=O) groups excluding carboxylic acids is 2. The van der Waals surface area contributed by atoms with E-state index >= 15 is 0 Å². The molecule has 0 spiro atoms. The van der Waals surface area contributed by atoms with Crippen LogP contribution >= 0.6 is 0 Å². The minimum Gasteiger partial charge on any atom is -0.497 e. The molecule has 1 aliphatic heterocycles. The molecular weight excluding hydrogens is 370 g/mol. The Hall–Kier alpha value is -3.54. The average Bonchev–Trinajstić information content (AvgIpc) is 2.98. The van der Waals surface area contributed by atoms with E-state index in [1.807, 2.05) is 19.1 Å². The van der Waals surface area contributed by atoms with E-state index in [1.165, 1.54) is 12.0 Å². The summed E-state index contributed by atoms with van der Waals surface area (Å²) in [5.74, 6) is 0.583. The summed E-state index contributed by atoms with van der Waals surface area (Å²) in [5, 5.41) is 0. The molecule has 1 amide bonds.